The third kappa shape index (κ3) is 2.97. The Morgan fingerprint density at radius 1 is 1.04 bits per heavy atom. The van der Waals surface area contributed by atoms with Crippen LogP contribution in [0.5, 0.6) is 0 Å². The second-order valence-corrected chi connectivity index (χ2v) is 7.25. The first-order valence-corrected chi connectivity index (χ1v) is 9.01. The molecule has 0 spiro atoms. The van der Waals surface area contributed by atoms with Gasteiger partial charge in [-0.05, 0) is 50.6 Å². The van der Waals surface area contributed by atoms with E-state index in [1.54, 1.807) is 4.68 Å². The maximum absolute atomic E-state index is 12.6. The van der Waals surface area contributed by atoms with Crippen LogP contribution in [0.25, 0.3) is 15.9 Å². The Hall–Kier alpha value is -3.06. The van der Waals surface area contributed by atoms with Gasteiger partial charge in [0.05, 0.1) is 21.6 Å². The summed E-state index contributed by atoms with van der Waals surface area (Å²) in [5, 5.41) is 11.6. The molecule has 1 N–H and O–H groups in total. The number of hydrogen-bond donors (Lipinski definition) is 1. The summed E-state index contributed by atoms with van der Waals surface area (Å²) in [4.78, 5) is 17.1. The van der Waals surface area contributed by atoms with Crippen molar-refractivity contribution in [3.05, 3.63) is 65.0 Å². The maximum atomic E-state index is 12.6. The van der Waals surface area contributed by atoms with Gasteiger partial charge in [-0.15, -0.1) is 5.10 Å². The Bertz CT molecular complexity index is 1110. The molecule has 0 unspecified atom stereocenters. The lowest BCUT2D eigenvalue weighted by Gasteiger charge is -2.04. The lowest BCUT2D eigenvalue weighted by Crippen LogP contribution is -2.14. The number of fused-ring (bicyclic) bond motifs is 1. The van der Waals surface area contributed by atoms with Crippen LogP contribution in [0.1, 0.15) is 27.3 Å². The van der Waals surface area contributed by atoms with Crippen molar-refractivity contribution < 1.29 is 4.79 Å². The van der Waals surface area contributed by atoms with Crippen LogP contribution in [0.4, 0.5) is 5.13 Å². The van der Waals surface area contributed by atoms with Gasteiger partial charge >= 0.3 is 0 Å². The summed E-state index contributed by atoms with van der Waals surface area (Å²) >= 11 is 1.45. The predicted molar refractivity (Wildman–Crippen MR) is 103 cm³/mol. The number of aromatic nitrogens is 4. The summed E-state index contributed by atoms with van der Waals surface area (Å²) in [5.41, 5.74) is 5.04. The highest BCUT2D eigenvalue weighted by molar-refractivity contribution is 7.22. The SMILES string of the molecule is Cc1ccc(-n2nnc(C(=O)Nc3nc4ccc(C)cc4s3)c2C)cc1. The van der Waals surface area contributed by atoms with Gasteiger partial charge in [0.15, 0.2) is 10.8 Å². The summed E-state index contributed by atoms with van der Waals surface area (Å²) in [5.74, 6) is -0.309. The highest BCUT2D eigenvalue weighted by atomic mass is 32.1. The fourth-order valence-electron chi connectivity index (χ4n) is 2.71. The molecule has 4 aromatic rings. The summed E-state index contributed by atoms with van der Waals surface area (Å²) < 4.78 is 2.70. The van der Waals surface area contributed by atoms with Gasteiger partial charge in [0.2, 0.25) is 0 Å². The molecule has 2 heterocycles. The minimum absolute atomic E-state index is 0.293. The van der Waals surface area contributed by atoms with Crippen molar-refractivity contribution in [2.24, 2.45) is 0 Å². The van der Waals surface area contributed by atoms with E-state index in [1.807, 2.05) is 57.2 Å². The number of thiazole rings is 1. The summed E-state index contributed by atoms with van der Waals surface area (Å²) in [6.07, 6.45) is 0. The average molecular weight is 363 g/mol. The molecule has 6 nitrogen and oxygen atoms in total. The van der Waals surface area contributed by atoms with Gasteiger partial charge in [-0.2, -0.15) is 0 Å². The zero-order valence-electron chi connectivity index (χ0n) is 14.6. The van der Waals surface area contributed by atoms with Crippen molar-refractivity contribution in [2.45, 2.75) is 20.8 Å². The number of aryl methyl sites for hydroxylation is 2. The summed E-state index contributed by atoms with van der Waals surface area (Å²) in [6, 6.07) is 13.9. The van der Waals surface area contributed by atoms with Crippen molar-refractivity contribution >= 4 is 32.6 Å². The first-order valence-electron chi connectivity index (χ1n) is 8.19. The van der Waals surface area contributed by atoms with E-state index in [0.29, 0.717) is 16.5 Å². The molecule has 26 heavy (non-hydrogen) atoms. The molecule has 0 aliphatic rings. The van der Waals surface area contributed by atoms with Gasteiger partial charge < -0.3 is 0 Å². The Morgan fingerprint density at radius 2 is 1.77 bits per heavy atom. The van der Waals surface area contributed by atoms with E-state index < -0.39 is 0 Å². The van der Waals surface area contributed by atoms with Gasteiger partial charge in [0.25, 0.3) is 5.91 Å². The molecule has 0 aliphatic carbocycles. The van der Waals surface area contributed by atoms with E-state index in [-0.39, 0.29) is 5.91 Å². The molecule has 7 heteroatoms. The van der Waals surface area contributed by atoms with Crippen LogP contribution in [0, 0.1) is 20.8 Å². The number of amides is 1. The number of carbonyl (C=O) groups excluding carboxylic acids is 1. The smallest absolute Gasteiger partial charge is 0.279 e. The normalized spacial score (nSPS) is 11.0. The van der Waals surface area contributed by atoms with Crippen LogP contribution in [-0.4, -0.2) is 25.9 Å². The first-order chi connectivity index (χ1) is 12.5. The van der Waals surface area contributed by atoms with E-state index in [1.165, 1.54) is 11.3 Å². The average Bonchev–Trinajstić information content (AvgIpc) is 3.18. The number of anilines is 1. The number of benzene rings is 2. The molecule has 0 atom stereocenters. The number of carbonyl (C=O) groups is 1. The lowest BCUT2D eigenvalue weighted by atomic mass is 10.2. The van der Waals surface area contributed by atoms with Gasteiger partial charge in [0.1, 0.15) is 0 Å². The number of nitrogens with zero attached hydrogens (tertiary/aromatic N) is 4. The fraction of sp³-hybridized carbons (Fsp3) is 0.158. The molecule has 0 saturated carbocycles. The number of hydrogen-bond acceptors (Lipinski definition) is 5. The molecule has 0 bridgehead atoms. The highest BCUT2D eigenvalue weighted by Crippen LogP contribution is 2.27. The third-order valence-corrected chi connectivity index (χ3v) is 5.09. The van der Waals surface area contributed by atoms with Crippen molar-refractivity contribution in [3.63, 3.8) is 0 Å². The molecule has 2 aromatic heterocycles. The Labute approximate surface area is 154 Å². The molecule has 0 fully saturated rings. The van der Waals surface area contributed by atoms with Crippen LogP contribution in [0.2, 0.25) is 0 Å². The van der Waals surface area contributed by atoms with Crippen LogP contribution in [-0.2, 0) is 0 Å². The molecule has 0 radical (unpaired) electrons. The zero-order valence-corrected chi connectivity index (χ0v) is 15.5. The monoisotopic (exact) mass is 363 g/mol. The Balaban J connectivity index is 1.60. The minimum atomic E-state index is -0.309. The Kier molecular flexibility index (Phi) is 4.00. The molecule has 4 rings (SSSR count). The van der Waals surface area contributed by atoms with E-state index in [4.69, 9.17) is 0 Å². The predicted octanol–water partition coefficient (Wildman–Crippen LogP) is 4.05. The molecule has 2 aromatic carbocycles. The lowest BCUT2D eigenvalue weighted by molar-refractivity contribution is 0.102. The summed E-state index contributed by atoms with van der Waals surface area (Å²) in [6.45, 7) is 5.89. The number of nitrogens with one attached hydrogen (secondary N) is 1. The van der Waals surface area contributed by atoms with Crippen molar-refractivity contribution in [1.29, 1.82) is 0 Å². The van der Waals surface area contributed by atoms with Crippen molar-refractivity contribution in [2.75, 3.05) is 5.32 Å². The van der Waals surface area contributed by atoms with E-state index in [2.05, 4.69) is 26.7 Å². The molecule has 0 saturated heterocycles. The molecule has 130 valence electrons. The zero-order chi connectivity index (χ0) is 18.3. The van der Waals surface area contributed by atoms with E-state index in [9.17, 15) is 4.79 Å². The number of rotatable bonds is 3. The molecule has 1 amide bonds. The second kappa shape index (κ2) is 6.34. The van der Waals surface area contributed by atoms with E-state index >= 15 is 0 Å². The highest BCUT2D eigenvalue weighted by Gasteiger charge is 2.18. The van der Waals surface area contributed by atoms with Crippen LogP contribution in [0.15, 0.2) is 42.5 Å². The molecule has 0 aliphatic heterocycles. The minimum Gasteiger partial charge on any atom is -0.296 e. The fourth-order valence-corrected chi connectivity index (χ4v) is 3.67. The quantitative estimate of drug-likeness (QED) is 0.596. The van der Waals surface area contributed by atoms with Crippen LogP contribution >= 0.6 is 11.3 Å². The summed E-state index contributed by atoms with van der Waals surface area (Å²) in [7, 11) is 0. The third-order valence-electron chi connectivity index (χ3n) is 4.15. The van der Waals surface area contributed by atoms with Gasteiger partial charge in [-0.25, -0.2) is 9.67 Å². The Morgan fingerprint density at radius 3 is 2.54 bits per heavy atom. The second-order valence-electron chi connectivity index (χ2n) is 6.22. The van der Waals surface area contributed by atoms with Crippen LogP contribution < -0.4 is 5.32 Å². The topological polar surface area (TPSA) is 72.7 Å². The maximum Gasteiger partial charge on any atom is 0.279 e. The standard InChI is InChI=1S/C19H17N5OS/c1-11-4-7-14(8-5-11)24-13(3)17(22-23-24)18(25)21-19-20-15-9-6-12(2)10-16(15)26-19/h4-10H,1-3H3,(H,20,21,25). The van der Waals surface area contributed by atoms with Crippen LogP contribution in [0.3, 0.4) is 0 Å². The first kappa shape index (κ1) is 16.4. The largest absolute Gasteiger partial charge is 0.296 e. The van der Waals surface area contributed by atoms with Gasteiger partial charge in [0, 0.05) is 0 Å². The van der Waals surface area contributed by atoms with E-state index in [0.717, 1.165) is 27.0 Å². The molecular weight excluding hydrogens is 346 g/mol. The molecular formula is C19H17N5OS. The van der Waals surface area contributed by atoms with Crippen molar-refractivity contribution in [1.82, 2.24) is 20.0 Å². The van der Waals surface area contributed by atoms with Crippen molar-refractivity contribution in [3.8, 4) is 5.69 Å². The van der Waals surface area contributed by atoms with Gasteiger partial charge in [-0.3, -0.25) is 10.1 Å². The van der Waals surface area contributed by atoms with Gasteiger partial charge in [-0.1, -0.05) is 40.3 Å².